The third-order valence-electron chi connectivity index (χ3n) is 6.92. The molecule has 1 spiro atoms. The lowest BCUT2D eigenvalue weighted by atomic mass is 10.0. The van der Waals surface area contributed by atoms with Crippen LogP contribution in [0.2, 0.25) is 0 Å². The highest BCUT2D eigenvalue weighted by Crippen LogP contribution is 2.53. The zero-order chi connectivity index (χ0) is 22.0. The predicted octanol–water partition coefficient (Wildman–Crippen LogP) is 2.91. The molecule has 3 aromatic heterocycles. The van der Waals surface area contributed by atoms with E-state index >= 15 is 0 Å². The molecule has 0 unspecified atom stereocenters. The van der Waals surface area contributed by atoms with Gasteiger partial charge in [-0.15, -0.1) is 0 Å². The van der Waals surface area contributed by atoms with E-state index < -0.39 is 0 Å². The van der Waals surface area contributed by atoms with Crippen molar-refractivity contribution in [3.8, 4) is 0 Å². The highest BCUT2D eigenvalue weighted by atomic mass is 19.1. The summed E-state index contributed by atoms with van der Waals surface area (Å²) in [5.74, 6) is 1.91. The minimum atomic E-state index is -0.300. The van der Waals surface area contributed by atoms with Crippen molar-refractivity contribution >= 4 is 33.4 Å². The maximum Gasteiger partial charge on any atom is 0.144 e. The second kappa shape index (κ2) is 6.83. The van der Waals surface area contributed by atoms with Gasteiger partial charge < -0.3 is 20.9 Å². The van der Waals surface area contributed by atoms with Crippen molar-refractivity contribution in [1.29, 1.82) is 0 Å². The Morgan fingerprint density at radius 2 is 2.03 bits per heavy atom. The molecule has 1 saturated carbocycles. The van der Waals surface area contributed by atoms with Crippen LogP contribution in [-0.4, -0.2) is 51.1 Å². The first kappa shape index (κ1) is 19.4. The molecule has 1 aromatic carbocycles. The molecular weight excluding hydrogens is 407 g/mol. The van der Waals surface area contributed by atoms with Gasteiger partial charge in [-0.1, -0.05) is 0 Å². The van der Waals surface area contributed by atoms with Gasteiger partial charge in [-0.05, 0) is 37.5 Å². The van der Waals surface area contributed by atoms with Crippen LogP contribution in [0.5, 0.6) is 0 Å². The van der Waals surface area contributed by atoms with E-state index in [1.807, 2.05) is 6.92 Å². The number of nitrogens with two attached hydrogens (primary N) is 1. The molecule has 0 radical (unpaired) electrons. The largest absolute Gasteiger partial charge is 0.386 e. The topological polar surface area (TPSA) is 109 Å². The molecule has 0 amide bonds. The number of aromatic nitrogens is 5. The highest BCUT2D eigenvalue weighted by molar-refractivity contribution is 6.14. The van der Waals surface area contributed by atoms with E-state index in [9.17, 15) is 4.39 Å². The number of nitrogens with one attached hydrogen (secondary N) is 2. The molecule has 0 bridgehead atoms. The van der Waals surface area contributed by atoms with Gasteiger partial charge in [0, 0.05) is 55.8 Å². The molecule has 1 aliphatic heterocycles. The standard InChI is InChI=1S/C23H25FN8/c1-12-27-8-13(9-28-12)5-18-29-21-19(15-6-14(24)7-16(26-2)20(15)31-21)22(30-18)32-10-17(25)23(11-32)3-4-23/h6-9,17,26H,3-5,10-11,25H2,1-2H3,(H,29,30,31)/t17-/m0/s1. The van der Waals surface area contributed by atoms with E-state index in [1.54, 1.807) is 25.5 Å². The average molecular weight is 433 g/mol. The highest BCUT2D eigenvalue weighted by Gasteiger charge is 2.54. The fourth-order valence-corrected chi connectivity index (χ4v) is 4.93. The third-order valence-corrected chi connectivity index (χ3v) is 6.92. The lowest BCUT2D eigenvalue weighted by molar-refractivity contribution is 0.499. The van der Waals surface area contributed by atoms with Crippen LogP contribution in [0.1, 0.15) is 30.1 Å². The normalized spacial score (nSPS) is 19.4. The maximum absolute atomic E-state index is 14.5. The van der Waals surface area contributed by atoms with E-state index in [2.05, 4.69) is 25.2 Å². The van der Waals surface area contributed by atoms with Gasteiger partial charge in [0.15, 0.2) is 0 Å². The average Bonchev–Trinajstić information content (AvgIpc) is 3.36. The Morgan fingerprint density at radius 3 is 2.72 bits per heavy atom. The molecule has 4 aromatic rings. The first-order chi connectivity index (χ1) is 15.5. The number of aromatic amines is 1. The molecule has 8 nitrogen and oxygen atoms in total. The molecule has 6 rings (SSSR count). The van der Waals surface area contributed by atoms with Gasteiger partial charge in [0.25, 0.3) is 0 Å². The second-order valence-corrected chi connectivity index (χ2v) is 9.10. The van der Waals surface area contributed by atoms with E-state index in [0.29, 0.717) is 23.6 Å². The van der Waals surface area contributed by atoms with E-state index in [-0.39, 0.29) is 17.3 Å². The number of fused-ring (bicyclic) bond motifs is 3. The Morgan fingerprint density at radius 1 is 1.25 bits per heavy atom. The minimum Gasteiger partial charge on any atom is -0.386 e. The summed E-state index contributed by atoms with van der Waals surface area (Å²) in [6.07, 6.45) is 6.43. The number of hydrogen-bond donors (Lipinski definition) is 3. The second-order valence-electron chi connectivity index (χ2n) is 9.10. The summed E-state index contributed by atoms with van der Waals surface area (Å²) in [4.78, 5) is 24.0. The fourth-order valence-electron chi connectivity index (χ4n) is 4.93. The summed E-state index contributed by atoms with van der Waals surface area (Å²) in [6.45, 7) is 3.46. The lowest BCUT2D eigenvalue weighted by Crippen LogP contribution is -2.30. The molecule has 1 atom stereocenters. The summed E-state index contributed by atoms with van der Waals surface area (Å²) in [6, 6.07) is 3.16. The van der Waals surface area contributed by atoms with Crippen LogP contribution in [0.15, 0.2) is 24.5 Å². The SMILES string of the molecule is CNc1cc(F)cc2c1[nH]c1nc(Cc3cnc(C)nc3)nc(N3C[C@H](N)C4(CC4)C3)c12. The molecule has 2 aliphatic rings. The molecule has 32 heavy (non-hydrogen) atoms. The van der Waals surface area contributed by atoms with E-state index in [4.69, 9.17) is 15.7 Å². The first-order valence-electron chi connectivity index (χ1n) is 10.9. The minimum absolute atomic E-state index is 0.122. The molecule has 9 heteroatoms. The Balaban J connectivity index is 1.54. The van der Waals surface area contributed by atoms with Crippen molar-refractivity contribution in [3.05, 3.63) is 47.6 Å². The van der Waals surface area contributed by atoms with Gasteiger partial charge >= 0.3 is 0 Å². The van der Waals surface area contributed by atoms with Crippen molar-refractivity contribution in [2.24, 2.45) is 11.1 Å². The Labute approximate surface area is 184 Å². The number of anilines is 2. The molecule has 2 fully saturated rings. The smallest absolute Gasteiger partial charge is 0.144 e. The van der Waals surface area contributed by atoms with Gasteiger partial charge in [0.05, 0.1) is 16.6 Å². The van der Waals surface area contributed by atoms with Crippen LogP contribution < -0.4 is 16.0 Å². The Hall–Kier alpha value is -3.33. The molecule has 1 aliphatic carbocycles. The maximum atomic E-state index is 14.5. The van der Waals surface area contributed by atoms with Crippen LogP contribution >= 0.6 is 0 Å². The predicted molar refractivity (Wildman–Crippen MR) is 122 cm³/mol. The van der Waals surface area contributed by atoms with Crippen molar-refractivity contribution in [2.45, 2.75) is 32.2 Å². The van der Waals surface area contributed by atoms with Gasteiger partial charge in [-0.3, -0.25) is 0 Å². The van der Waals surface area contributed by atoms with Crippen molar-refractivity contribution in [1.82, 2.24) is 24.9 Å². The Kier molecular flexibility index (Phi) is 4.13. The summed E-state index contributed by atoms with van der Waals surface area (Å²) < 4.78 is 14.5. The van der Waals surface area contributed by atoms with Crippen molar-refractivity contribution < 1.29 is 4.39 Å². The molecule has 1 saturated heterocycles. The number of aryl methyl sites for hydroxylation is 1. The van der Waals surface area contributed by atoms with Crippen molar-refractivity contribution in [3.63, 3.8) is 0 Å². The number of halogens is 1. The quantitative estimate of drug-likeness (QED) is 0.455. The molecule has 4 N–H and O–H groups in total. The molecular formula is C23H25FN8. The van der Waals surface area contributed by atoms with Gasteiger partial charge in [0.2, 0.25) is 0 Å². The van der Waals surface area contributed by atoms with Gasteiger partial charge in [-0.2, -0.15) is 0 Å². The number of hydrogen-bond acceptors (Lipinski definition) is 7. The van der Waals surface area contributed by atoms with Gasteiger partial charge in [-0.25, -0.2) is 24.3 Å². The number of nitrogens with zero attached hydrogens (tertiary/aromatic N) is 5. The van der Waals surface area contributed by atoms with Gasteiger partial charge in [0.1, 0.15) is 28.9 Å². The summed E-state index contributed by atoms with van der Waals surface area (Å²) in [5, 5.41) is 4.69. The van der Waals surface area contributed by atoms with Crippen LogP contribution in [0.4, 0.5) is 15.9 Å². The fraction of sp³-hybridized carbons (Fsp3) is 0.391. The lowest BCUT2D eigenvalue weighted by Gasteiger charge is -2.19. The summed E-state index contributed by atoms with van der Waals surface area (Å²) in [7, 11) is 1.78. The molecule has 164 valence electrons. The monoisotopic (exact) mass is 432 g/mol. The van der Waals surface area contributed by atoms with Crippen molar-refractivity contribution in [2.75, 3.05) is 30.4 Å². The van der Waals surface area contributed by atoms with Crippen LogP contribution in [-0.2, 0) is 6.42 Å². The summed E-state index contributed by atoms with van der Waals surface area (Å²) in [5.41, 5.74) is 9.83. The zero-order valence-corrected chi connectivity index (χ0v) is 18.1. The first-order valence-corrected chi connectivity index (χ1v) is 10.9. The number of benzene rings is 1. The number of H-pyrrole nitrogens is 1. The zero-order valence-electron chi connectivity index (χ0n) is 18.1. The molecule has 4 heterocycles. The van der Waals surface area contributed by atoms with Crippen LogP contribution in [0.3, 0.4) is 0 Å². The third kappa shape index (κ3) is 2.99. The number of rotatable bonds is 4. The Bertz CT molecular complexity index is 1340. The van der Waals surface area contributed by atoms with Crippen LogP contribution in [0, 0.1) is 18.2 Å². The van der Waals surface area contributed by atoms with E-state index in [1.165, 1.54) is 6.07 Å². The summed E-state index contributed by atoms with van der Waals surface area (Å²) >= 11 is 0. The van der Waals surface area contributed by atoms with E-state index in [0.717, 1.165) is 59.4 Å². The van der Waals surface area contributed by atoms with Crippen LogP contribution in [0.25, 0.3) is 21.9 Å².